The Kier molecular flexibility index (Phi) is 5.41. The lowest BCUT2D eigenvalue weighted by Crippen LogP contribution is -2.01. The fourth-order valence-electron chi connectivity index (χ4n) is 2.36. The van der Waals surface area contributed by atoms with Crippen molar-refractivity contribution in [2.45, 2.75) is 6.92 Å². The SMILES string of the molecule is CCOc1ccc(/C=C2N=C(/C=C/c3ccc([N+](=O)[O-])cc3)OC/2=O)cc1. The molecule has 0 spiro atoms. The van der Waals surface area contributed by atoms with Crippen LogP contribution in [0.5, 0.6) is 5.75 Å². The quantitative estimate of drug-likeness (QED) is 0.334. The molecule has 7 heteroatoms. The highest BCUT2D eigenvalue weighted by Gasteiger charge is 2.21. The number of benzene rings is 2. The first-order chi connectivity index (χ1) is 13.0. The van der Waals surface area contributed by atoms with Crippen LogP contribution >= 0.6 is 0 Å². The maximum atomic E-state index is 12.0. The molecular weight excluding hydrogens is 348 g/mol. The molecular formula is C20H16N2O5. The van der Waals surface area contributed by atoms with Crippen LogP contribution in [0, 0.1) is 10.1 Å². The van der Waals surface area contributed by atoms with Gasteiger partial charge in [-0.05, 0) is 54.5 Å². The minimum absolute atomic E-state index is 0.0114. The Morgan fingerprint density at radius 1 is 1.07 bits per heavy atom. The summed E-state index contributed by atoms with van der Waals surface area (Å²) in [4.78, 5) is 26.3. The van der Waals surface area contributed by atoms with Crippen LogP contribution in [0.15, 0.2) is 65.3 Å². The Hall–Kier alpha value is -3.74. The molecule has 0 bridgehead atoms. The van der Waals surface area contributed by atoms with E-state index in [0.29, 0.717) is 6.61 Å². The zero-order chi connectivity index (χ0) is 19.2. The molecule has 0 unspecified atom stereocenters. The van der Waals surface area contributed by atoms with Gasteiger partial charge >= 0.3 is 5.97 Å². The number of cyclic esters (lactones) is 1. The first-order valence-electron chi connectivity index (χ1n) is 8.23. The Morgan fingerprint density at radius 2 is 1.74 bits per heavy atom. The van der Waals surface area contributed by atoms with Crippen LogP contribution < -0.4 is 4.74 Å². The lowest BCUT2D eigenvalue weighted by molar-refractivity contribution is -0.384. The average Bonchev–Trinajstić information content (AvgIpc) is 3.01. The van der Waals surface area contributed by atoms with E-state index in [2.05, 4.69) is 4.99 Å². The van der Waals surface area contributed by atoms with Gasteiger partial charge in [0.15, 0.2) is 5.70 Å². The highest BCUT2D eigenvalue weighted by molar-refractivity contribution is 6.11. The number of hydrogen-bond acceptors (Lipinski definition) is 6. The lowest BCUT2D eigenvalue weighted by Gasteiger charge is -2.02. The molecule has 0 aliphatic carbocycles. The van der Waals surface area contributed by atoms with E-state index in [9.17, 15) is 14.9 Å². The number of aliphatic imine (C=N–C) groups is 1. The van der Waals surface area contributed by atoms with Crippen LogP contribution in [0.25, 0.3) is 12.2 Å². The summed E-state index contributed by atoms with van der Waals surface area (Å²) in [6.07, 6.45) is 4.83. The van der Waals surface area contributed by atoms with E-state index in [4.69, 9.17) is 9.47 Å². The second-order valence-corrected chi connectivity index (χ2v) is 5.55. The number of esters is 1. The summed E-state index contributed by atoms with van der Waals surface area (Å²) >= 11 is 0. The predicted molar refractivity (Wildman–Crippen MR) is 101 cm³/mol. The third-order valence-corrected chi connectivity index (χ3v) is 3.65. The summed E-state index contributed by atoms with van der Waals surface area (Å²) < 4.78 is 10.5. The van der Waals surface area contributed by atoms with Crippen molar-refractivity contribution in [2.24, 2.45) is 4.99 Å². The fraction of sp³-hybridized carbons (Fsp3) is 0.100. The van der Waals surface area contributed by atoms with Crippen molar-refractivity contribution in [3.8, 4) is 5.75 Å². The molecule has 0 saturated carbocycles. The van der Waals surface area contributed by atoms with Crippen LogP contribution in [0.3, 0.4) is 0 Å². The Morgan fingerprint density at radius 3 is 2.37 bits per heavy atom. The molecule has 0 N–H and O–H groups in total. The number of carbonyl (C=O) groups excluding carboxylic acids is 1. The summed E-state index contributed by atoms with van der Waals surface area (Å²) in [5, 5.41) is 10.7. The average molecular weight is 364 g/mol. The molecule has 2 aromatic rings. The van der Waals surface area contributed by atoms with E-state index >= 15 is 0 Å². The third kappa shape index (κ3) is 4.66. The number of nitrogens with zero attached hydrogens (tertiary/aromatic N) is 2. The van der Waals surface area contributed by atoms with Gasteiger partial charge < -0.3 is 9.47 Å². The van der Waals surface area contributed by atoms with Crippen LogP contribution in [0.2, 0.25) is 0 Å². The molecule has 27 heavy (non-hydrogen) atoms. The number of ether oxygens (including phenoxy) is 2. The molecule has 0 saturated heterocycles. The largest absolute Gasteiger partial charge is 0.494 e. The molecule has 136 valence electrons. The highest BCUT2D eigenvalue weighted by atomic mass is 16.6. The van der Waals surface area contributed by atoms with Crippen LogP contribution in [0.4, 0.5) is 5.69 Å². The smallest absolute Gasteiger partial charge is 0.363 e. The zero-order valence-corrected chi connectivity index (χ0v) is 14.5. The van der Waals surface area contributed by atoms with E-state index < -0.39 is 10.9 Å². The molecule has 0 atom stereocenters. The Balaban J connectivity index is 1.72. The molecule has 7 nitrogen and oxygen atoms in total. The number of hydrogen-bond donors (Lipinski definition) is 0. The topological polar surface area (TPSA) is 91.0 Å². The normalized spacial score (nSPS) is 15.1. The minimum Gasteiger partial charge on any atom is -0.494 e. The van der Waals surface area contributed by atoms with Crippen molar-refractivity contribution in [1.82, 2.24) is 0 Å². The molecule has 3 rings (SSSR count). The van der Waals surface area contributed by atoms with Gasteiger partial charge in [-0.15, -0.1) is 0 Å². The third-order valence-electron chi connectivity index (χ3n) is 3.65. The minimum atomic E-state index is -0.535. The van der Waals surface area contributed by atoms with E-state index in [1.54, 1.807) is 24.3 Å². The van der Waals surface area contributed by atoms with Gasteiger partial charge in [-0.25, -0.2) is 9.79 Å². The van der Waals surface area contributed by atoms with Gasteiger partial charge in [0.2, 0.25) is 5.90 Å². The monoisotopic (exact) mass is 364 g/mol. The number of nitro benzene ring substituents is 1. The van der Waals surface area contributed by atoms with Crippen LogP contribution in [-0.4, -0.2) is 23.4 Å². The standard InChI is InChI=1S/C20H16N2O5/c1-2-26-17-10-5-15(6-11-17)13-18-20(23)27-19(21-18)12-7-14-3-8-16(9-4-14)22(24)25/h3-13H,2H2,1H3/b12-7+,18-13+. The highest BCUT2D eigenvalue weighted by Crippen LogP contribution is 2.19. The van der Waals surface area contributed by atoms with Gasteiger partial charge in [0.05, 0.1) is 11.5 Å². The Bertz CT molecular complexity index is 941. The first kappa shape index (κ1) is 18.1. The Labute approximate surface area is 155 Å². The summed E-state index contributed by atoms with van der Waals surface area (Å²) in [6.45, 7) is 2.49. The summed E-state index contributed by atoms with van der Waals surface area (Å²) in [5.74, 6) is 0.381. The summed E-state index contributed by atoms with van der Waals surface area (Å²) in [7, 11) is 0. The zero-order valence-electron chi connectivity index (χ0n) is 14.5. The van der Waals surface area contributed by atoms with Crippen molar-refractivity contribution in [2.75, 3.05) is 6.61 Å². The van der Waals surface area contributed by atoms with Crippen molar-refractivity contribution in [3.05, 3.63) is 81.5 Å². The molecule has 1 heterocycles. The fourth-order valence-corrected chi connectivity index (χ4v) is 2.36. The predicted octanol–water partition coefficient (Wildman–Crippen LogP) is 4.00. The number of non-ortho nitro benzene ring substituents is 1. The van der Waals surface area contributed by atoms with Crippen molar-refractivity contribution in [3.63, 3.8) is 0 Å². The van der Waals surface area contributed by atoms with Crippen LogP contribution in [0.1, 0.15) is 18.1 Å². The molecule has 1 aliphatic heterocycles. The maximum absolute atomic E-state index is 12.0. The number of nitro groups is 1. The van der Waals surface area contributed by atoms with Crippen molar-refractivity contribution >= 4 is 29.7 Å². The summed E-state index contributed by atoms with van der Waals surface area (Å²) in [5.41, 5.74) is 1.73. The molecule has 0 fully saturated rings. The molecule has 1 aliphatic rings. The second-order valence-electron chi connectivity index (χ2n) is 5.55. The summed E-state index contributed by atoms with van der Waals surface area (Å²) in [6, 6.07) is 13.3. The molecule has 2 aromatic carbocycles. The van der Waals surface area contributed by atoms with Crippen molar-refractivity contribution < 1.29 is 19.2 Å². The van der Waals surface area contributed by atoms with E-state index in [1.165, 1.54) is 18.2 Å². The molecule has 0 aromatic heterocycles. The van der Waals surface area contributed by atoms with Crippen LogP contribution in [-0.2, 0) is 9.53 Å². The second kappa shape index (κ2) is 8.09. The van der Waals surface area contributed by atoms with Gasteiger partial charge in [0.1, 0.15) is 5.75 Å². The van der Waals surface area contributed by atoms with Gasteiger partial charge in [0.25, 0.3) is 5.69 Å². The van der Waals surface area contributed by atoms with Gasteiger partial charge in [-0.3, -0.25) is 10.1 Å². The van der Waals surface area contributed by atoms with E-state index in [-0.39, 0.29) is 17.3 Å². The number of carbonyl (C=O) groups is 1. The molecule has 0 amide bonds. The van der Waals surface area contributed by atoms with E-state index in [0.717, 1.165) is 16.9 Å². The number of rotatable bonds is 6. The van der Waals surface area contributed by atoms with Gasteiger partial charge in [-0.1, -0.05) is 12.1 Å². The van der Waals surface area contributed by atoms with Crippen molar-refractivity contribution in [1.29, 1.82) is 0 Å². The van der Waals surface area contributed by atoms with E-state index in [1.807, 2.05) is 31.2 Å². The first-order valence-corrected chi connectivity index (χ1v) is 8.23. The maximum Gasteiger partial charge on any atom is 0.363 e. The van der Waals surface area contributed by atoms with Gasteiger partial charge in [-0.2, -0.15) is 0 Å². The lowest BCUT2D eigenvalue weighted by atomic mass is 10.2. The molecule has 0 radical (unpaired) electrons. The van der Waals surface area contributed by atoms with Gasteiger partial charge in [0, 0.05) is 18.2 Å².